The SMILES string of the molecule is COc1cccc(N2CCC(CNC(=O)N3CCN(c4ncccn4)CC3)C2)c1. The molecule has 0 radical (unpaired) electrons. The van der Waals surface area contributed by atoms with Crippen LogP contribution in [0, 0.1) is 5.92 Å². The van der Waals surface area contributed by atoms with E-state index in [4.69, 9.17) is 4.74 Å². The van der Waals surface area contributed by atoms with Crippen molar-refractivity contribution in [2.75, 3.05) is 62.7 Å². The Labute approximate surface area is 171 Å². The van der Waals surface area contributed by atoms with Gasteiger partial charge in [-0.1, -0.05) is 6.07 Å². The predicted molar refractivity (Wildman–Crippen MR) is 113 cm³/mol. The average molecular weight is 396 g/mol. The van der Waals surface area contributed by atoms with Crippen LogP contribution in [-0.2, 0) is 0 Å². The molecule has 1 aromatic heterocycles. The van der Waals surface area contributed by atoms with Gasteiger partial charge in [0.1, 0.15) is 5.75 Å². The van der Waals surface area contributed by atoms with Gasteiger partial charge < -0.3 is 24.8 Å². The molecule has 2 aliphatic heterocycles. The summed E-state index contributed by atoms with van der Waals surface area (Å²) in [5.41, 5.74) is 1.18. The van der Waals surface area contributed by atoms with Crippen LogP contribution in [0.3, 0.4) is 0 Å². The monoisotopic (exact) mass is 396 g/mol. The molecule has 4 rings (SSSR count). The Bertz CT molecular complexity index is 810. The summed E-state index contributed by atoms with van der Waals surface area (Å²) in [6, 6.07) is 9.99. The maximum absolute atomic E-state index is 12.6. The summed E-state index contributed by atoms with van der Waals surface area (Å²) >= 11 is 0. The molecule has 154 valence electrons. The number of benzene rings is 1. The van der Waals surface area contributed by atoms with E-state index in [0.717, 1.165) is 44.3 Å². The molecule has 8 nitrogen and oxygen atoms in total. The van der Waals surface area contributed by atoms with Gasteiger partial charge in [0, 0.05) is 70.0 Å². The number of hydrogen-bond donors (Lipinski definition) is 1. The molecule has 29 heavy (non-hydrogen) atoms. The van der Waals surface area contributed by atoms with Crippen molar-refractivity contribution in [1.29, 1.82) is 0 Å². The number of hydrogen-bond acceptors (Lipinski definition) is 6. The van der Waals surface area contributed by atoms with Crippen molar-refractivity contribution in [3.8, 4) is 5.75 Å². The van der Waals surface area contributed by atoms with Crippen molar-refractivity contribution in [3.63, 3.8) is 0 Å². The fourth-order valence-electron chi connectivity index (χ4n) is 3.95. The van der Waals surface area contributed by atoms with Gasteiger partial charge in [0.05, 0.1) is 7.11 Å². The minimum atomic E-state index is 0.0264. The van der Waals surface area contributed by atoms with E-state index in [0.29, 0.717) is 25.6 Å². The molecule has 0 bridgehead atoms. The van der Waals surface area contributed by atoms with Crippen LogP contribution in [0.5, 0.6) is 5.75 Å². The third-order valence-electron chi connectivity index (χ3n) is 5.65. The van der Waals surface area contributed by atoms with Gasteiger partial charge in [-0.15, -0.1) is 0 Å². The number of methoxy groups -OCH3 is 1. The number of carbonyl (C=O) groups excluding carboxylic acids is 1. The van der Waals surface area contributed by atoms with Crippen molar-refractivity contribution in [2.45, 2.75) is 6.42 Å². The molecule has 8 heteroatoms. The Morgan fingerprint density at radius 3 is 2.66 bits per heavy atom. The molecule has 1 N–H and O–H groups in total. The lowest BCUT2D eigenvalue weighted by atomic mass is 10.1. The van der Waals surface area contributed by atoms with E-state index in [2.05, 4.69) is 37.2 Å². The first-order chi connectivity index (χ1) is 14.2. The topological polar surface area (TPSA) is 73.8 Å². The number of urea groups is 1. The van der Waals surface area contributed by atoms with Crippen LogP contribution in [0.2, 0.25) is 0 Å². The van der Waals surface area contributed by atoms with Crippen LogP contribution < -0.4 is 19.9 Å². The molecule has 1 atom stereocenters. The highest BCUT2D eigenvalue weighted by Gasteiger charge is 2.26. The van der Waals surface area contributed by atoms with Crippen LogP contribution >= 0.6 is 0 Å². The van der Waals surface area contributed by atoms with Crippen LogP contribution in [0.15, 0.2) is 42.7 Å². The lowest BCUT2D eigenvalue weighted by Gasteiger charge is -2.34. The normalized spacial score (nSPS) is 19.3. The highest BCUT2D eigenvalue weighted by molar-refractivity contribution is 5.74. The molecule has 2 aromatic rings. The van der Waals surface area contributed by atoms with Gasteiger partial charge in [-0.2, -0.15) is 0 Å². The van der Waals surface area contributed by atoms with Crippen LogP contribution in [0.4, 0.5) is 16.4 Å². The van der Waals surface area contributed by atoms with Crippen molar-refractivity contribution >= 4 is 17.7 Å². The number of piperazine rings is 1. The van der Waals surface area contributed by atoms with E-state index in [1.54, 1.807) is 19.5 Å². The molecule has 2 amide bonds. The number of carbonyl (C=O) groups is 1. The second-order valence-electron chi connectivity index (χ2n) is 7.51. The molecule has 0 spiro atoms. The number of rotatable bonds is 5. The van der Waals surface area contributed by atoms with Crippen molar-refractivity contribution in [2.24, 2.45) is 5.92 Å². The minimum absolute atomic E-state index is 0.0264. The van der Waals surface area contributed by atoms with E-state index in [1.165, 1.54) is 5.69 Å². The van der Waals surface area contributed by atoms with E-state index in [9.17, 15) is 4.79 Å². The fraction of sp³-hybridized carbons (Fsp3) is 0.476. The maximum atomic E-state index is 12.6. The Morgan fingerprint density at radius 1 is 1.10 bits per heavy atom. The van der Waals surface area contributed by atoms with Crippen molar-refractivity contribution < 1.29 is 9.53 Å². The molecule has 0 saturated carbocycles. The summed E-state index contributed by atoms with van der Waals surface area (Å²) in [7, 11) is 1.69. The summed E-state index contributed by atoms with van der Waals surface area (Å²) in [5, 5.41) is 3.13. The van der Waals surface area contributed by atoms with Gasteiger partial charge in [0.25, 0.3) is 0 Å². The summed E-state index contributed by atoms with van der Waals surface area (Å²) in [6.45, 7) is 5.54. The third-order valence-corrected chi connectivity index (χ3v) is 5.65. The Hall–Kier alpha value is -3.03. The first-order valence-electron chi connectivity index (χ1n) is 10.2. The molecular weight excluding hydrogens is 368 g/mol. The number of aromatic nitrogens is 2. The molecule has 3 heterocycles. The fourth-order valence-corrected chi connectivity index (χ4v) is 3.95. The van der Waals surface area contributed by atoms with Gasteiger partial charge in [-0.25, -0.2) is 14.8 Å². The third kappa shape index (κ3) is 4.70. The number of ether oxygens (including phenoxy) is 1. The quantitative estimate of drug-likeness (QED) is 0.831. The number of nitrogens with zero attached hydrogens (tertiary/aromatic N) is 5. The standard InChI is InChI=1S/C21H28N6O2/c1-29-19-5-2-4-18(14-19)27-9-6-17(16-27)15-24-21(28)26-12-10-25(11-13-26)20-22-7-3-8-23-20/h2-5,7-8,14,17H,6,9-13,15-16H2,1H3,(H,24,28). The van der Waals surface area contributed by atoms with Gasteiger partial charge in [0.15, 0.2) is 0 Å². The molecule has 2 saturated heterocycles. The van der Waals surface area contributed by atoms with Gasteiger partial charge >= 0.3 is 6.03 Å². The highest BCUT2D eigenvalue weighted by Crippen LogP contribution is 2.26. The number of anilines is 2. The maximum Gasteiger partial charge on any atom is 0.317 e. The zero-order valence-electron chi connectivity index (χ0n) is 16.8. The van der Waals surface area contributed by atoms with Crippen LogP contribution in [0.25, 0.3) is 0 Å². The summed E-state index contributed by atoms with van der Waals surface area (Å²) in [5.74, 6) is 2.07. The zero-order valence-corrected chi connectivity index (χ0v) is 16.8. The second kappa shape index (κ2) is 8.98. The minimum Gasteiger partial charge on any atom is -0.497 e. The van der Waals surface area contributed by atoms with Crippen molar-refractivity contribution in [3.05, 3.63) is 42.7 Å². The summed E-state index contributed by atoms with van der Waals surface area (Å²) < 4.78 is 5.32. The number of amides is 2. The first kappa shape index (κ1) is 19.3. The van der Waals surface area contributed by atoms with E-state index < -0.39 is 0 Å². The predicted octanol–water partition coefficient (Wildman–Crippen LogP) is 1.84. The van der Waals surface area contributed by atoms with E-state index in [-0.39, 0.29) is 6.03 Å². The van der Waals surface area contributed by atoms with E-state index in [1.807, 2.05) is 23.1 Å². The molecule has 2 aliphatic rings. The second-order valence-corrected chi connectivity index (χ2v) is 7.51. The smallest absolute Gasteiger partial charge is 0.317 e. The highest BCUT2D eigenvalue weighted by atomic mass is 16.5. The zero-order chi connectivity index (χ0) is 20.1. The lowest BCUT2D eigenvalue weighted by molar-refractivity contribution is 0.192. The molecule has 2 fully saturated rings. The summed E-state index contributed by atoms with van der Waals surface area (Å²) in [6.07, 6.45) is 4.58. The largest absolute Gasteiger partial charge is 0.497 e. The Balaban J connectivity index is 1.21. The van der Waals surface area contributed by atoms with Crippen molar-refractivity contribution in [1.82, 2.24) is 20.2 Å². The average Bonchev–Trinajstić information content (AvgIpc) is 3.27. The lowest BCUT2D eigenvalue weighted by Crippen LogP contribution is -2.52. The molecule has 0 aliphatic carbocycles. The molecule has 1 unspecified atom stereocenters. The van der Waals surface area contributed by atoms with Crippen LogP contribution in [0.1, 0.15) is 6.42 Å². The van der Waals surface area contributed by atoms with Gasteiger partial charge in [0.2, 0.25) is 5.95 Å². The molecule has 1 aromatic carbocycles. The van der Waals surface area contributed by atoms with E-state index >= 15 is 0 Å². The Morgan fingerprint density at radius 2 is 1.90 bits per heavy atom. The van der Waals surface area contributed by atoms with Crippen LogP contribution in [-0.4, -0.2) is 73.8 Å². The Kier molecular flexibility index (Phi) is 5.97. The van der Waals surface area contributed by atoms with Gasteiger partial charge in [-0.3, -0.25) is 0 Å². The summed E-state index contributed by atoms with van der Waals surface area (Å²) in [4.78, 5) is 27.5. The molecular formula is C21H28N6O2. The number of nitrogens with one attached hydrogen (secondary N) is 1. The van der Waals surface area contributed by atoms with Gasteiger partial charge in [-0.05, 0) is 30.5 Å². The first-order valence-corrected chi connectivity index (χ1v) is 10.2.